The number of carbonyl (C=O) groups is 2. The van der Waals surface area contributed by atoms with Gasteiger partial charge in [0.15, 0.2) is 0 Å². The van der Waals surface area contributed by atoms with Gasteiger partial charge >= 0.3 is 5.97 Å². The lowest BCUT2D eigenvalue weighted by Gasteiger charge is -2.36. The zero-order valence-electron chi connectivity index (χ0n) is 11.9. The third-order valence-corrected chi connectivity index (χ3v) is 3.81. The summed E-state index contributed by atoms with van der Waals surface area (Å²) in [7, 11) is 0. The summed E-state index contributed by atoms with van der Waals surface area (Å²) in [5, 5.41) is 8.99. The molecule has 1 heterocycles. The van der Waals surface area contributed by atoms with Crippen molar-refractivity contribution in [2.24, 2.45) is 0 Å². The number of carbonyl (C=O) groups excluding carboxylic acids is 1. The van der Waals surface area contributed by atoms with Crippen LogP contribution in [0.3, 0.4) is 0 Å². The molecule has 2 rings (SSSR count). The van der Waals surface area contributed by atoms with E-state index < -0.39 is 12.0 Å². The topological polar surface area (TPSA) is 60.9 Å². The van der Waals surface area contributed by atoms with Crippen molar-refractivity contribution in [3.05, 3.63) is 35.4 Å². The second-order valence-electron chi connectivity index (χ2n) is 5.21. The number of rotatable bonds is 3. The smallest absolute Gasteiger partial charge is 0.320 e. The zero-order valence-corrected chi connectivity index (χ0v) is 11.9. The van der Waals surface area contributed by atoms with Gasteiger partial charge in [-0.05, 0) is 26.0 Å². The summed E-state index contributed by atoms with van der Waals surface area (Å²) < 4.78 is 0. The van der Waals surface area contributed by atoms with Gasteiger partial charge in [0, 0.05) is 31.7 Å². The molecule has 1 aliphatic heterocycles. The van der Waals surface area contributed by atoms with Gasteiger partial charge in [-0.1, -0.05) is 17.7 Å². The molecule has 108 valence electrons. The SMILES string of the molecule is Cc1ccc(C(=O)N2CCN(C(C)C(=O)O)CC2)cc1. The average Bonchev–Trinajstić information content (AvgIpc) is 2.46. The third-order valence-electron chi connectivity index (χ3n) is 3.81. The van der Waals surface area contributed by atoms with E-state index in [0.29, 0.717) is 31.7 Å². The van der Waals surface area contributed by atoms with Crippen LogP contribution in [0.2, 0.25) is 0 Å². The Morgan fingerprint density at radius 3 is 2.15 bits per heavy atom. The minimum absolute atomic E-state index is 0.0210. The molecule has 1 atom stereocenters. The third kappa shape index (κ3) is 3.17. The molecule has 0 bridgehead atoms. The van der Waals surface area contributed by atoms with Gasteiger partial charge in [-0.25, -0.2) is 0 Å². The minimum atomic E-state index is -0.816. The predicted molar refractivity (Wildman–Crippen MR) is 75.8 cm³/mol. The Morgan fingerprint density at radius 2 is 1.65 bits per heavy atom. The first-order chi connectivity index (χ1) is 9.49. The number of benzene rings is 1. The van der Waals surface area contributed by atoms with E-state index in [9.17, 15) is 9.59 Å². The van der Waals surface area contributed by atoms with E-state index in [1.54, 1.807) is 11.8 Å². The number of aliphatic carboxylic acids is 1. The molecular formula is C15H20N2O3. The highest BCUT2D eigenvalue weighted by Crippen LogP contribution is 2.11. The fourth-order valence-electron chi connectivity index (χ4n) is 2.35. The molecule has 1 fully saturated rings. The van der Waals surface area contributed by atoms with Crippen LogP contribution in [-0.4, -0.2) is 59.0 Å². The normalized spacial score (nSPS) is 17.8. The standard InChI is InChI=1S/C15H20N2O3/c1-11-3-5-13(6-4-11)14(18)17-9-7-16(8-10-17)12(2)15(19)20/h3-6,12H,7-10H2,1-2H3,(H,19,20). The van der Waals surface area contributed by atoms with Crippen molar-refractivity contribution in [3.8, 4) is 0 Å². The Labute approximate surface area is 118 Å². The lowest BCUT2D eigenvalue weighted by Crippen LogP contribution is -2.53. The molecule has 0 aliphatic carbocycles. The number of amides is 1. The molecule has 5 heteroatoms. The molecule has 0 radical (unpaired) electrons. The van der Waals surface area contributed by atoms with Crippen LogP contribution >= 0.6 is 0 Å². The maximum absolute atomic E-state index is 12.3. The molecular weight excluding hydrogens is 256 g/mol. The highest BCUT2D eigenvalue weighted by molar-refractivity contribution is 5.94. The Hall–Kier alpha value is -1.88. The van der Waals surface area contributed by atoms with E-state index in [-0.39, 0.29) is 5.91 Å². The fourth-order valence-corrected chi connectivity index (χ4v) is 2.35. The summed E-state index contributed by atoms with van der Waals surface area (Å²) in [6.07, 6.45) is 0. The molecule has 1 N–H and O–H groups in total. The lowest BCUT2D eigenvalue weighted by molar-refractivity contribution is -0.143. The number of nitrogens with zero attached hydrogens (tertiary/aromatic N) is 2. The number of carboxylic acid groups (broad SMARTS) is 1. The van der Waals surface area contributed by atoms with Crippen LogP contribution in [0.15, 0.2) is 24.3 Å². The number of carboxylic acids is 1. The van der Waals surface area contributed by atoms with Gasteiger partial charge < -0.3 is 10.0 Å². The summed E-state index contributed by atoms with van der Waals surface area (Å²) in [4.78, 5) is 26.9. The van der Waals surface area contributed by atoms with Crippen LogP contribution in [0.5, 0.6) is 0 Å². The highest BCUT2D eigenvalue weighted by atomic mass is 16.4. The molecule has 5 nitrogen and oxygen atoms in total. The predicted octanol–water partition coefficient (Wildman–Crippen LogP) is 1.23. The Bertz CT molecular complexity index is 490. The molecule has 1 aromatic rings. The Morgan fingerprint density at radius 1 is 1.10 bits per heavy atom. The van der Waals surface area contributed by atoms with Crippen molar-refractivity contribution in [3.63, 3.8) is 0 Å². The van der Waals surface area contributed by atoms with E-state index in [1.165, 1.54) is 0 Å². The van der Waals surface area contributed by atoms with Crippen molar-refractivity contribution < 1.29 is 14.7 Å². The summed E-state index contributed by atoms with van der Waals surface area (Å²) in [6.45, 7) is 6.02. The molecule has 1 aromatic carbocycles. The lowest BCUT2D eigenvalue weighted by atomic mass is 10.1. The molecule has 0 spiro atoms. The first kappa shape index (κ1) is 14.5. The van der Waals surface area contributed by atoms with Crippen molar-refractivity contribution >= 4 is 11.9 Å². The van der Waals surface area contributed by atoms with E-state index in [0.717, 1.165) is 5.56 Å². The molecule has 0 saturated carbocycles. The van der Waals surface area contributed by atoms with Gasteiger partial charge in [0.25, 0.3) is 5.91 Å². The van der Waals surface area contributed by atoms with Crippen LogP contribution in [-0.2, 0) is 4.79 Å². The van der Waals surface area contributed by atoms with E-state index in [1.807, 2.05) is 36.1 Å². The summed E-state index contributed by atoms with van der Waals surface area (Å²) in [6, 6.07) is 7.03. The van der Waals surface area contributed by atoms with Crippen molar-refractivity contribution in [2.45, 2.75) is 19.9 Å². The van der Waals surface area contributed by atoms with Crippen molar-refractivity contribution in [1.82, 2.24) is 9.80 Å². The molecule has 0 aromatic heterocycles. The Kier molecular flexibility index (Phi) is 4.39. The van der Waals surface area contributed by atoms with Gasteiger partial charge in [-0.15, -0.1) is 0 Å². The van der Waals surface area contributed by atoms with Crippen molar-refractivity contribution in [1.29, 1.82) is 0 Å². The van der Waals surface area contributed by atoms with E-state index in [2.05, 4.69) is 0 Å². The maximum Gasteiger partial charge on any atom is 0.320 e. The van der Waals surface area contributed by atoms with Crippen LogP contribution in [0.1, 0.15) is 22.8 Å². The number of aryl methyl sites for hydroxylation is 1. The Balaban J connectivity index is 1.95. The number of piperazine rings is 1. The monoisotopic (exact) mass is 276 g/mol. The molecule has 1 aliphatic rings. The zero-order chi connectivity index (χ0) is 14.7. The van der Waals surface area contributed by atoms with Gasteiger partial charge in [-0.3, -0.25) is 14.5 Å². The van der Waals surface area contributed by atoms with Gasteiger partial charge in [0.2, 0.25) is 0 Å². The molecule has 1 unspecified atom stereocenters. The average molecular weight is 276 g/mol. The molecule has 20 heavy (non-hydrogen) atoms. The molecule has 1 saturated heterocycles. The second-order valence-corrected chi connectivity index (χ2v) is 5.21. The van der Waals surface area contributed by atoms with Crippen LogP contribution in [0.25, 0.3) is 0 Å². The summed E-state index contributed by atoms with van der Waals surface area (Å²) in [5.74, 6) is -0.795. The van der Waals surface area contributed by atoms with Crippen LogP contribution in [0, 0.1) is 6.92 Å². The van der Waals surface area contributed by atoms with E-state index >= 15 is 0 Å². The van der Waals surface area contributed by atoms with Gasteiger partial charge in [-0.2, -0.15) is 0 Å². The van der Waals surface area contributed by atoms with Crippen LogP contribution in [0.4, 0.5) is 0 Å². The first-order valence-corrected chi connectivity index (χ1v) is 6.82. The second kappa shape index (κ2) is 6.05. The number of hydrogen-bond donors (Lipinski definition) is 1. The van der Waals surface area contributed by atoms with E-state index in [4.69, 9.17) is 5.11 Å². The van der Waals surface area contributed by atoms with Crippen LogP contribution < -0.4 is 0 Å². The summed E-state index contributed by atoms with van der Waals surface area (Å²) >= 11 is 0. The summed E-state index contributed by atoms with van der Waals surface area (Å²) in [5.41, 5.74) is 1.82. The largest absolute Gasteiger partial charge is 0.480 e. The van der Waals surface area contributed by atoms with Gasteiger partial charge in [0.05, 0.1) is 0 Å². The van der Waals surface area contributed by atoms with Crippen molar-refractivity contribution in [2.75, 3.05) is 26.2 Å². The van der Waals surface area contributed by atoms with Gasteiger partial charge in [0.1, 0.15) is 6.04 Å². The first-order valence-electron chi connectivity index (χ1n) is 6.82. The fraction of sp³-hybridized carbons (Fsp3) is 0.467. The number of hydrogen-bond acceptors (Lipinski definition) is 3. The minimum Gasteiger partial charge on any atom is -0.480 e. The maximum atomic E-state index is 12.3. The highest BCUT2D eigenvalue weighted by Gasteiger charge is 2.27. The quantitative estimate of drug-likeness (QED) is 0.902. The molecule has 1 amide bonds.